The number of halogens is 2. The van der Waals surface area contributed by atoms with Crippen molar-refractivity contribution < 1.29 is 24.1 Å². The molecule has 2 atom stereocenters. The van der Waals surface area contributed by atoms with Gasteiger partial charge in [-0.1, -0.05) is 35.3 Å². The molecule has 3 aromatic rings. The third-order valence-corrected chi connectivity index (χ3v) is 6.86. The van der Waals surface area contributed by atoms with Gasteiger partial charge in [0.1, 0.15) is 24.6 Å². The van der Waals surface area contributed by atoms with Crippen LogP contribution in [0.3, 0.4) is 0 Å². The summed E-state index contributed by atoms with van der Waals surface area (Å²) in [6.45, 7) is 2.96. The minimum atomic E-state index is -1.13. The maximum atomic E-state index is 11.1. The van der Waals surface area contributed by atoms with Gasteiger partial charge in [0.25, 0.3) is 0 Å². The van der Waals surface area contributed by atoms with Gasteiger partial charge in [-0.3, -0.25) is 0 Å². The number of carbonyl (C=O) groups is 1. The SMILES string of the molecule is O=C([O-])N1CCN(c2cccc(OCC3COC(Cn4ccnc4)(c4ccc(Cl)cc4Cl)O3)c2)CC1. The van der Waals surface area contributed by atoms with Gasteiger partial charge in [-0.25, -0.2) is 4.98 Å². The van der Waals surface area contributed by atoms with E-state index in [0.717, 1.165) is 5.69 Å². The molecule has 190 valence electrons. The van der Waals surface area contributed by atoms with E-state index >= 15 is 0 Å². The smallest absolute Gasteiger partial charge is 0.215 e. The van der Waals surface area contributed by atoms with Crippen molar-refractivity contribution in [1.29, 1.82) is 0 Å². The first-order valence-electron chi connectivity index (χ1n) is 11.6. The number of aromatic nitrogens is 2. The van der Waals surface area contributed by atoms with Crippen LogP contribution in [0, 0.1) is 0 Å². The largest absolute Gasteiger partial charge is 0.530 e. The minimum absolute atomic E-state index is 0.277. The van der Waals surface area contributed by atoms with Crippen LogP contribution in [0.15, 0.2) is 61.2 Å². The van der Waals surface area contributed by atoms with Crippen molar-refractivity contribution in [3.05, 3.63) is 76.8 Å². The second-order valence-electron chi connectivity index (χ2n) is 8.71. The number of benzene rings is 2. The molecule has 36 heavy (non-hydrogen) atoms. The van der Waals surface area contributed by atoms with Crippen molar-refractivity contribution >= 4 is 35.0 Å². The molecule has 1 amide bonds. The number of rotatable bonds is 7. The fourth-order valence-electron chi connectivity index (χ4n) is 4.48. The van der Waals surface area contributed by atoms with Gasteiger partial charge in [0.2, 0.25) is 5.79 Å². The summed E-state index contributed by atoms with van der Waals surface area (Å²) in [6, 6.07) is 13.0. The van der Waals surface area contributed by atoms with Crippen molar-refractivity contribution in [2.24, 2.45) is 0 Å². The third kappa shape index (κ3) is 5.39. The normalized spacial score (nSPS) is 22.1. The average molecular weight is 532 g/mol. The van der Waals surface area contributed by atoms with E-state index in [1.165, 1.54) is 4.90 Å². The van der Waals surface area contributed by atoms with Crippen LogP contribution in [-0.4, -0.2) is 66.0 Å². The fourth-order valence-corrected chi connectivity index (χ4v) is 5.03. The summed E-state index contributed by atoms with van der Waals surface area (Å²) in [4.78, 5) is 18.6. The number of piperazine rings is 1. The van der Waals surface area contributed by atoms with Gasteiger partial charge in [0.15, 0.2) is 0 Å². The molecule has 0 bridgehead atoms. The molecular weight excluding hydrogens is 507 g/mol. The molecule has 1 aromatic heterocycles. The van der Waals surface area contributed by atoms with Gasteiger partial charge >= 0.3 is 0 Å². The zero-order valence-electron chi connectivity index (χ0n) is 19.4. The van der Waals surface area contributed by atoms with Gasteiger partial charge in [-0.2, -0.15) is 0 Å². The zero-order chi connectivity index (χ0) is 25.1. The molecule has 2 aliphatic heterocycles. The highest BCUT2D eigenvalue weighted by molar-refractivity contribution is 6.35. The van der Waals surface area contributed by atoms with Gasteiger partial charge in [-0.05, 0) is 24.3 Å². The van der Waals surface area contributed by atoms with Gasteiger partial charge in [0.05, 0.1) is 24.5 Å². The highest BCUT2D eigenvalue weighted by Gasteiger charge is 2.45. The van der Waals surface area contributed by atoms with E-state index in [2.05, 4.69) is 9.88 Å². The van der Waals surface area contributed by atoms with Crippen LogP contribution in [0.2, 0.25) is 10.0 Å². The molecule has 2 aromatic carbocycles. The van der Waals surface area contributed by atoms with Crippen LogP contribution in [0.1, 0.15) is 5.56 Å². The lowest BCUT2D eigenvalue weighted by Gasteiger charge is -2.37. The van der Waals surface area contributed by atoms with Gasteiger partial charge in [-0.15, -0.1) is 0 Å². The Balaban J connectivity index is 1.25. The molecule has 0 spiro atoms. The lowest BCUT2D eigenvalue weighted by atomic mass is 10.1. The number of ether oxygens (including phenoxy) is 3. The van der Waals surface area contributed by atoms with Crippen molar-refractivity contribution in [2.45, 2.75) is 18.4 Å². The van der Waals surface area contributed by atoms with Crippen LogP contribution < -0.4 is 14.7 Å². The molecule has 2 aliphatic rings. The van der Waals surface area contributed by atoms with E-state index in [1.54, 1.807) is 24.7 Å². The Bertz CT molecular complexity index is 1200. The number of carbonyl (C=O) groups excluding carboxylic acids is 1. The average Bonchev–Trinajstić information content (AvgIpc) is 3.54. The molecule has 2 unspecified atom stereocenters. The molecule has 9 nitrogen and oxygen atoms in total. The second-order valence-corrected chi connectivity index (χ2v) is 9.55. The zero-order valence-corrected chi connectivity index (χ0v) is 20.9. The summed E-state index contributed by atoms with van der Waals surface area (Å²) in [7, 11) is 0. The number of imidazole rings is 1. The Hall–Kier alpha value is -2.98. The quantitative estimate of drug-likeness (QED) is 0.462. The van der Waals surface area contributed by atoms with Crippen molar-refractivity contribution in [2.75, 3.05) is 44.3 Å². The van der Waals surface area contributed by atoms with Crippen LogP contribution >= 0.6 is 23.2 Å². The highest BCUT2D eigenvalue weighted by atomic mass is 35.5. The van der Waals surface area contributed by atoms with Crippen molar-refractivity contribution in [3.8, 4) is 5.75 Å². The van der Waals surface area contributed by atoms with Gasteiger partial charge in [0, 0.05) is 60.9 Å². The molecule has 2 saturated heterocycles. The molecule has 2 fully saturated rings. The molecule has 0 N–H and O–H groups in total. The Morgan fingerprint density at radius 1 is 1.17 bits per heavy atom. The summed E-state index contributed by atoms with van der Waals surface area (Å²) in [5.74, 6) is -0.424. The maximum Gasteiger partial charge on any atom is 0.215 e. The van der Waals surface area contributed by atoms with E-state index in [0.29, 0.717) is 60.7 Å². The number of carboxylic acid groups (broad SMARTS) is 1. The molecule has 11 heteroatoms. The third-order valence-electron chi connectivity index (χ3n) is 6.31. The standard InChI is InChI=1S/C25H26Cl2N4O5/c26-18-4-5-22(23(27)12-18)25(16-29-7-6-28-17-29)35-15-21(36-25)14-34-20-3-1-2-19(13-20)30-8-10-31(11-9-30)24(32)33/h1-7,12-13,17,21H,8-11,14-16H2,(H,32,33)/p-1. The maximum absolute atomic E-state index is 11.1. The van der Waals surface area contributed by atoms with Crippen LogP contribution in [-0.2, 0) is 21.8 Å². The molecule has 0 saturated carbocycles. The highest BCUT2D eigenvalue weighted by Crippen LogP contribution is 2.40. The predicted molar refractivity (Wildman–Crippen MR) is 132 cm³/mol. The second kappa shape index (κ2) is 10.6. The molecule has 3 heterocycles. The predicted octanol–water partition coefficient (Wildman–Crippen LogP) is 3.00. The fraction of sp³-hybridized carbons (Fsp3) is 0.360. The first kappa shape index (κ1) is 24.7. The lowest BCUT2D eigenvalue weighted by molar-refractivity contribution is -0.265. The molecule has 5 rings (SSSR count). The summed E-state index contributed by atoms with van der Waals surface area (Å²) < 4.78 is 20.6. The Labute approximate surface area is 218 Å². The number of nitrogens with zero attached hydrogens (tertiary/aromatic N) is 4. The molecular formula is C25H25Cl2N4O5-. The van der Waals surface area contributed by atoms with E-state index in [-0.39, 0.29) is 12.7 Å². The molecule has 0 aliphatic carbocycles. The van der Waals surface area contributed by atoms with Gasteiger partial charge < -0.3 is 38.5 Å². The van der Waals surface area contributed by atoms with E-state index < -0.39 is 11.9 Å². The number of anilines is 1. The van der Waals surface area contributed by atoms with Crippen molar-refractivity contribution in [3.63, 3.8) is 0 Å². The Morgan fingerprint density at radius 3 is 2.72 bits per heavy atom. The Morgan fingerprint density at radius 2 is 2.00 bits per heavy atom. The molecule has 0 radical (unpaired) electrons. The topological polar surface area (TPSA) is 92.1 Å². The summed E-state index contributed by atoms with van der Waals surface area (Å²) in [5, 5.41) is 12.0. The summed E-state index contributed by atoms with van der Waals surface area (Å²) in [5.41, 5.74) is 1.65. The lowest BCUT2D eigenvalue weighted by Crippen LogP contribution is -2.52. The number of amides is 1. The minimum Gasteiger partial charge on any atom is -0.530 e. The first-order chi connectivity index (χ1) is 17.4. The summed E-state index contributed by atoms with van der Waals surface area (Å²) in [6.07, 6.45) is 3.75. The van der Waals surface area contributed by atoms with Crippen molar-refractivity contribution in [1.82, 2.24) is 14.5 Å². The first-order valence-corrected chi connectivity index (χ1v) is 12.3. The monoisotopic (exact) mass is 531 g/mol. The van der Waals surface area contributed by atoms with Crippen LogP contribution in [0.5, 0.6) is 5.75 Å². The number of hydrogen-bond donors (Lipinski definition) is 0. The Kier molecular flexibility index (Phi) is 7.25. The van der Waals surface area contributed by atoms with E-state index in [9.17, 15) is 9.90 Å². The summed E-state index contributed by atoms with van der Waals surface area (Å²) >= 11 is 12.6. The van der Waals surface area contributed by atoms with Crippen LogP contribution in [0.4, 0.5) is 10.5 Å². The van der Waals surface area contributed by atoms with E-state index in [4.69, 9.17) is 37.4 Å². The van der Waals surface area contributed by atoms with E-state index in [1.807, 2.05) is 41.1 Å². The van der Waals surface area contributed by atoms with Crippen LogP contribution in [0.25, 0.3) is 0 Å². The number of hydrogen-bond acceptors (Lipinski definition) is 7.